The van der Waals surface area contributed by atoms with Gasteiger partial charge in [-0.2, -0.15) is 5.10 Å². The predicted molar refractivity (Wildman–Crippen MR) is 70.1 cm³/mol. The van der Waals surface area contributed by atoms with Gasteiger partial charge in [0.25, 0.3) is 5.56 Å². The number of carbonyl (C=O) groups excluding carboxylic acids is 1. The predicted octanol–water partition coefficient (Wildman–Crippen LogP) is 1.01. The van der Waals surface area contributed by atoms with Crippen LogP contribution in [0.25, 0.3) is 5.52 Å². The number of ether oxygens (including phenoxy) is 1. The fourth-order valence-electron chi connectivity index (χ4n) is 1.88. The van der Waals surface area contributed by atoms with E-state index < -0.39 is 5.97 Å². The van der Waals surface area contributed by atoms with Crippen molar-refractivity contribution in [3.05, 3.63) is 34.5 Å². The maximum Gasteiger partial charge on any atom is 0.327 e. The number of rotatable bonds is 5. The molecule has 0 aliphatic carbocycles. The highest BCUT2D eigenvalue weighted by atomic mass is 16.5. The van der Waals surface area contributed by atoms with Crippen molar-refractivity contribution in [2.24, 2.45) is 0 Å². The Morgan fingerprint density at radius 3 is 2.89 bits per heavy atom. The first kappa shape index (κ1) is 13.3. The molecule has 0 saturated carbocycles. The molecule has 0 saturated heterocycles. The van der Waals surface area contributed by atoms with Gasteiger partial charge in [-0.3, -0.25) is 14.0 Å². The van der Waals surface area contributed by atoms with Gasteiger partial charge in [0.15, 0.2) is 0 Å². The third kappa shape index (κ3) is 2.67. The summed E-state index contributed by atoms with van der Waals surface area (Å²) in [7, 11) is 0. The van der Waals surface area contributed by atoms with Crippen LogP contribution >= 0.6 is 0 Å². The molecule has 102 valence electrons. The van der Waals surface area contributed by atoms with Crippen LogP contribution in [0.3, 0.4) is 0 Å². The molecule has 0 bridgehead atoms. The average molecular weight is 263 g/mol. The van der Waals surface area contributed by atoms with Crippen LogP contribution in [-0.2, 0) is 22.5 Å². The Balaban J connectivity index is 2.35. The number of hydrogen-bond donors (Lipinski definition) is 0. The molecule has 0 radical (unpaired) electrons. The second kappa shape index (κ2) is 5.69. The van der Waals surface area contributed by atoms with Crippen LogP contribution in [0.1, 0.15) is 26.1 Å². The monoisotopic (exact) mass is 263 g/mol. The van der Waals surface area contributed by atoms with E-state index in [0.717, 1.165) is 12.2 Å². The number of esters is 1. The van der Waals surface area contributed by atoms with Crippen molar-refractivity contribution in [1.82, 2.24) is 14.2 Å². The van der Waals surface area contributed by atoms with Crippen molar-refractivity contribution in [2.45, 2.75) is 33.2 Å². The topological polar surface area (TPSA) is 65.6 Å². The molecular formula is C13H17N3O3. The normalized spacial score (nSPS) is 10.8. The number of aromatic nitrogens is 3. The second-order valence-corrected chi connectivity index (χ2v) is 4.22. The minimum Gasteiger partial charge on any atom is -0.464 e. The lowest BCUT2D eigenvalue weighted by Gasteiger charge is -2.09. The van der Waals surface area contributed by atoms with Gasteiger partial charge in [0.1, 0.15) is 17.9 Å². The quantitative estimate of drug-likeness (QED) is 0.755. The van der Waals surface area contributed by atoms with Gasteiger partial charge < -0.3 is 4.74 Å². The van der Waals surface area contributed by atoms with E-state index in [2.05, 4.69) is 5.10 Å². The average Bonchev–Trinajstić information content (AvgIpc) is 2.89. The maximum atomic E-state index is 12.1. The van der Waals surface area contributed by atoms with Crippen molar-refractivity contribution >= 4 is 11.5 Å². The number of aryl methyl sites for hydroxylation is 1. The molecule has 0 aliphatic heterocycles. The zero-order chi connectivity index (χ0) is 13.8. The summed E-state index contributed by atoms with van der Waals surface area (Å²) in [4.78, 5) is 23.7. The molecule has 0 amide bonds. The minimum atomic E-state index is -0.436. The van der Waals surface area contributed by atoms with Crippen LogP contribution < -0.4 is 5.56 Å². The van der Waals surface area contributed by atoms with Gasteiger partial charge in [-0.15, -0.1) is 0 Å². The summed E-state index contributed by atoms with van der Waals surface area (Å²) in [6.45, 7) is 4.08. The molecule has 6 heteroatoms. The van der Waals surface area contributed by atoms with E-state index in [1.165, 1.54) is 4.68 Å². The molecule has 2 aromatic rings. The molecule has 2 heterocycles. The van der Waals surface area contributed by atoms with Crippen LogP contribution in [0.5, 0.6) is 0 Å². The minimum absolute atomic E-state index is 0.145. The standard InChI is InChI=1S/C13H17N3O3/c1-3-8-19-12(17)9-16-13(18)10-6-5-7-15(10)11(4-2)14-16/h5-7H,3-4,8-9H2,1-2H3. The first-order chi connectivity index (χ1) is 9.17. The highest BCUT2D eigenvalue weighted by molar-refractivity contribution is 5.69. The van der Waals surface area contributed by atoms with E-state index >= 15 is 0 Å². The lowest BCUT2D eigenvalue weighted by Crippen LogP contribution is -2.30. The van der Waals surface area contributed by atoms with Gasteiger partial charge in [-0.25, -0.2) is 4.68 Å². The smallest absolute Gasteiger partial charge is 0.327 e. The van der Waals surface area contributed by atoms with Crippen LogP contribution in [0.4, 0.5) is 0 Å². The molecule has 0 aliphatic rings. The third-order valence-electron chi connectivity index (χ3n) is 2.78. The van der Waals surface area contributed by atoms with Gasteiger partial charge in [0.05, 0.1) is 6.61 Å². The molecule has 0 fully saturated rings. The van der Waals surface area contributed by atoms with Crippen molar-refractivity contribution in [2.75, 3.05) is 6.61 Å². The summed E-state index contributed by atoms with van der Waals surface area (Å²) in [5.74, 6) is 0.303. The molecule has 19 heavy (non-hydrogen) atoms. The Bertz CT molecular complexity index is 642. The van der Waals surface area contributed by atoms with E-state index in [1.807, 2.05) is 13.8 Å². The molecule has 0 unspecified atom stereocenters. The Morgan fingerprint density at radius 2 is 2.21 bits per heavy atom. The fourth-order valence-corrected chi connectivity index (χ4v) is 1.88. The van der Waals surface area contributed by atoms with E-state index in [1.54, 1.807) is 22.7 Å². The summed E-state index contributed by atoms with van der Waals surface area (Å²) >= 11 is 0. The lowest BCUT2D eigenvalue weighted by molar-refractivity contribution is -0.144. The Labute approximate surface area is 110 Å². The van der Waals surface area contributed by atoms with Gasteiger partial charge in [-0.05, 0) is 18.6 Å². The van der Waals surface area contributed by atoms with E-state index in [4.69, 9.17) is 4.74 Å². The van der Waals surface area contributed by atoms with Gasteiger partial charge in [0, 0.05) is 12.6 Å². The second-order valence-electron chi connectivity index (χ2n) is 4.22. The lowest BCUT2D eigenvalue weighted by atomic mass is 10.4. The number of hydrogen-bond acceptors (Lipinski definition) is 4. The summed E-state index contributed by atoms with van der Waals surface area (Å²) in [6, 6.07) is 3.51. The van der Waals surface area contributed by atoms with Crippen LogP contribution in [0.2, 0.25) is 0 Å². The van der Waals surface area contributed by atoms with E-state index in [-0.39, 0.29) is 12.1 Å². The first-order valence-electron chi connectivity index (χ1n) is 6.40. The van der Waals surface area contributed by atoms with Gasteiger partial charge in [-0.1, -0.05) is 13.8 Å². The fraction of sp³-hybridized carbons (Fsp3) is 0.462. The zero-order valence-electron chi connectivity index (χ0n) is 11.1. The van der Waals surface area contributed by atoms with Gasteiger partial charge in [0.2, 0.25) is 0 Å². The summed E-state index contributed by atoms with van der Waals surface area (Å²) < 4.78 is 7.89. The molecule has 0 N–H and O–H groups in total. The molecule has 2 aromatic heterocycles. The maximum absolute atomic E-state index is 12.1. The first-order valence-corrected chi connectivity index (χ1v) is 6.40. The number of carbonyl (C=O) groups is 1. The van der Waals surface area contributed by atoms with Crippen LogP contribution in [0, 0.1) is 0 Å². The van der Waals surface area contributed by atoms with E-state index in [9.17, 15) is 9.59 Å². The van der Waals surface area contributed by atoms with E-state index in [0.29, 0.717) is 18.5 Å². The molecular weight excluding hydrogens is 246 g/mol. The Kier molecular flexibility index (Phi) is 3.99. The molecule has 2 rings (SSSR count). The van der Waals surface area contributed by atoms with Crippen LogP contribution in [0.15, 0.2) is 23.1 Å². The van der Waals surface area contributed by atoms with Crippen molar-refractivity contribution in [3.63, 3.8) is 0 Å². The molecule has 0 spiro atoms. The highest BCUT2D eigenvalue weighted by Crippen LogP contribution is 2.02. The van der Waals surface area contributed by atoms with Gasteiger partial charge >= 0.3 is 5.97 Å². The van der Waals surface area contributed by atoms with Crippen molar-refractivity contribution < 1.29 is 9.53 Å². The summed E-state index contributed by atoms with van der Waals surface area (Å²) in [5, 5.41) is 4.21. The zero-order valence-corrected chi connectivity index (χ0v) is 11.1. The Hall–Kier alpha value is -2.11. The van der Waals surface area contributed by atoms with Crippen molar-refractivity contribution in [1.29, 1.82) is 0 Å². The molecule has 6 nitrogen and oxygen atoms in total. The Morgan fingerprint density at radius 1 is 1.42 bits per heavy atom. The molecule has 0 atom stereocenters. The number of nitrogens with zero attached hydrogens (tertiary/aromatic N) is 3. The largest absolute Gasteiger partial charge is 0.464 e. The third-order valence-corrected chi connectivity index (χ3v) is 2.78. The van der Waals surface area contributed by atoms with Crippen molar-refractivity contribution in [3.8, 4) is 0 Å². The SMILES string of the molecule is CCCOC(=O)Cn1nc(CC)n2cccc2c1=O. The molecule has 0 aromatic carbocycles. The number of fused-ring (bicyclic) bond motifs is 1. The summed E-state index contributed by atoms with van der Waals surface area (Å²) in [6.07, 6.45) is 3.23. The highest BCUT2D eigenvalue weighted by Gasteiger charge is 2.12. The van der Waals surface area contributed by atoms with Crippen LogP contribution in [-0.4, -0.2) is 26.8 Å². The summed E-state index contributed by atoms with van der Waals surface area (Å²) in [5.41, 5.74) is 0.241.